The molecule has 0 spiro atoms. The number of nitrogens with one attached hydrogen (secondary N) is 2. The van der Waals surface area contributed by atoms with Gasteiger partial charge >= 0.3 is 5.97 Å². The van der Waals surface area contributed by atoms with Crippen LogP contribution in [0.1, 0.15) is 37.2 Å². The lowest BCUT2D eigenvalue weighted by Crippen LogP contribution is -2.43. The van der Waals surface area contributed by atoms with E-state index in [-0.39, 0.29) is 18.3 Å². The maximum absolute atomic E-state index is 11.9. The van der Waals surface area contributed by atoms with Gasteiger partial charge in [0.15, 0.2) is 0 Å². The Morgan fingerprint density at radius 3 is 2.67 bits per heavy atom. The Bertz CT molecular complexity index is 440. The largest absolute Gasteiger partial charge is 0.469 e. The van der Waals surface area contributed by atoms with Gasteiger partial charge in [0.25, 0.3) is 5.91 Å². The van der Waals surface area contributed by atoms with E-state index in [9.17, 15) is 9.59 Å². The van der Waals surface area contributed by atoms with Crippen molar-refractivity contribution in [1.29, 1.82) is 0 Å². The Morgan fingerprint density at radius 2 is 2.17 bits per heavy atom. The molecule has 0 unspecified atom stereocenters. The van der Waals surface area contributed by atoms with Crippen LogP contribution in [0.4, 0.5) is 0 Å². The number of aromatic nitrogens is 1. The predicted octanol–water partition coefficient (Wildman–Crippen LogP) is 2.24. The van der Waals surface area contributed by atoms with E-state index in [1.54, 1.807) is 12.3 Å². The molecular weight excluding hydrogens is 300 g/mol. The van der Waals surface area contributed by atoms with E-state index in [0.717, 1.165) is 4.47 Å². The van der Waals surface area contributed by atoms with Crippen molar-refractivity contribution in [2.75, 3.05) is 7.11 Å². The average Bonchev–Trinajstić information content (AvgIpc) is 2.72. The van der Waals surface area contributed by atoms with Crippen LogP contribution in [0.5, 0.6) is 0 Å². The Balaban J connectivity index is 2.54. The zero-order valence-corrected chi connectivity index (χ0v) is 12.3. The Morgan fingerprint density at radius 1 is 1.50 bits per heavy atom. The molecule has 1 aromatic heterocycles. The molecule has 18 heavy (non-hydrogen) atoms. The van der Waals surface area contributed by atoms with Crippen LogP contribution in [0.3, 0.4) is 0 Å². The summed E-state index contributed by atoms with van der Waals surface area (Å²) < 4.78 is 5.39. The van der Waals surface area contributed by atoms with Crippen molar-refractivity contribution in [2.45, 2.75) is 32.2 Å². The number of carbonyl (C=O) groups excluding carboxylic acids is 2. The van der Waals surface area contributed by atoms with Crippen molar-refractivity contribution in [1.82, 2.24) is 10.3 Å². The van der Waals surface area contributed by atoms with Crippen LogP contribution in [-0.2, 0) is 9.53 Å². The second kappa shape index (κ2) is 6.04. The van der Waals surface area contributed by atoms with Crippen LogP contribution < -0.4 is 5.32 Å². The zero-order valence-electron chi connectivity index (χ0n) is 10.7. The van der Waals surface area contributed by atoms with Crippen molar-refractivity contribution in [3.63, 3.8) is 0 Å². The number of hydrogen-bond acceptors (Lipinski definition) is 3. The van der Waals surface area contributed by atoms with Gasteiger partial charge in [-0.3, -0.25) is 9.59 Å². The standard InChI is InChI=1S/C12H17BrN2O3/c1-12(2,5-4-10(16)18-3)15-11(17)9-6-8(13)7-14-9/h6-7,14H,4-5H2,1-3H3,(H,15,17). The first kappa shape index (κ1) is 14.8. The molecular formula is C12H17BrN2O3. The van der Waals surface area contributed by atoms with Gasteiger partial charge in [-0.1, -0.05) is 0 Å². The SMILES string of the molecule is COC(=O)CCC(C)(C)NC(=O)c1cc(Br)c[nH]1. The highest BCUT2D eigenvalue weighted by Crippen LogP contribution is 2.15. The molecule has 0 saturated carbocycles. The number of amides is 1. The zero-order chi connectivity index (χ0) is 13.8. The van der Waals surface area contributed by atoms with Crippen molar-refractivity contribution in [3.8, 4) is 0 Å². The summed E-state index contributed by atoms with van der Waals surface area (Å²) in [7, 11) is 1.35. The molecule has 1 amide bonds. The third-order valence-electron chi connectivity index (χ3n) is 2.53. The summed E-state index contributed by atoms with van der Waals surface area (Å²) in [6.07, 6.45) is 2.49. The summed E-state index contributed by atoms with van der Waals surface area (Å²) in [6.45, 7) is 3.73. The number of H-pyrrole nitrogens is 1. The van der Waals surface area contributed by atoms with Crippen LogP contribution in [-0.4, -0.2) is 29.5 Å². The average molecular weight is 317 g/mol. The van der Waals surface area contributed by atoms with Crippen molar-refractivity contribution in [3.05, 3.63) is 22.4 Å². The van der Waals surface area contributed by atoms with Gasteiger partial charge in [0.2, 0.25) is 0 Å². The van der Waals surface area contributed by atoms with Gasteiger partial charge in [-0.05, 0) is 42.3 Å². The molecule has 0 aliphatic rings. The van der Waals surface area contributed by atoms with E-state index in [0.29, 0.717) is 12.1 Å². The van der Waals surface area contributed by atoms with E-state index in [1.165, 1.54) is 7.11 Å². The molecule has 1 aromatic rings. The summed E-state index contributed by atoms with van der Waals surface area (Å²) in [6, 6.07) is 1.70. The second-order valence-corrected chi connectivity index (χ2v) is 5.56. The van der Waals surface area contributed by atoms with E-state index >= 15 is 0 Å². The first-order valence-electron chi connectivity index (χ1n) is 5.57. The van der Waals surface area contributed by atoms with Crippen LogP contribution in [0.2, 0.25) is 0 Å². The Hall–Kier alpha value is -1.30. The molecule has 0 aliphatic carbocycles. The fraction of sp³-hybridized carbons (Fsp3) is 0.500. The molecule has 2 N–H and O–H groups in total. The molecule has 100 valence electrons. The summed E-state index contributed by atoms with van der Waals surface area (Å²) in [5.74, 6) is -0.476. The normalized spacial score (nSPS) is 11.1. The quantitative estimate of drug-likeness (QED) is 0.818. The maximum Gasteiger partial charge on any atom is 0.305 e. The van der Waals surface area contributed by atoms with E-state index in [4.69, 9.17) is 0 Å². The van der Waals surface area contributed by atoms with Crippen LogP contribution >= 0.6 is 15.9 Å². The number of ether oxygens (including phenoxy) is 1. The molecule has 0 atom stereocenters. The third-order valence-corrected chi connectivity index (χ3v) is 2.98. The monoisotopic (exact) mass is 316 g/mol. The van der Waals surface area contributed by atoms with Crippen LogP contribution in [0.15, 0.2) is 16.7 Å². The summed E-state index contributed by atoms with van der Waals surface area (Å²) in [5, 5.41) is 2.87. The summed E-state index contributed by atoms with van der Waals surface area (Å²) in [5.41, 5.74) is 0.0103. The lowest BCUT2D eigenvalue weighted by atomic mass is 9.98. The Labute approximate surface area is 114 Å². The molecule has 6 heteroatoms. The molecule has 0 saturated heterocycles. The number of hydrogen-bond donors (Lipinski definition) is 2. The van der Waals surface area contributed by atoms with Crippen LogP contribution in [0.25, 0.3) is 0 Å². The Kier molecular flexibility index (Phi) is 4.95. The number of aromatic amines is 1. The van der Waals surface area contributed by atoms with E-state index < -0.39 is 5.54 Å². The fourth-order valence-electron chi connectivity index (χ4n) is 1.45. The first-order valence-corrected chi connectivity index (χ1v) is 6.36. The molecule has 0 radical (unpaired) electrons. The minimum atomic E-state index is -0.469. The number of methoxy groups -OCH3 is 1. The molecule has 5 nitrogen and oxygen atoms in total. The molecule has 0 bridgehead atoms. The molecule has 1 rings (SSSR count). The lowest BCUT2D eigenvalue weighted by Gasteiger charge is -2.25. The van der Waals surface area contributed by atoms with E-state index in [2.05, 4.69) is 31.0 Å². The van der Waals surface area contributed by atoms with Gasteiger partial charge in [0, 0.05) is 22.6 Å². The minimum Gasteiger partial charge on any atom is -0.469 e. The number of esters is 1. The highest BCUT2D eigenvalue weighted by atomic mass is 79.9. The van der Waals surface area contributed by atoms with Gasteiger partial charge in [-0.25, -0.2) is 0 Å². The minimum absolute atomic E-state index is 0.199. The highest BCUT2D eigenvalue weighted by Gasteiger charge is 2.23. The van der Waals surface area contributed by atoms with Gasteiger partial charge in [0.05, 0.1) is 7.11 Å². The molecule has 1 heterocycles. The lowest BCUT2D eigenvalue weighted by molar-refractivity contribution is -0.141. The fourth-order valence-corrected chi connectivity index (χ4v) is 1.80. The molecule has 0 aliphatic heterocycles. The number of halogens is 1. The smallest absolute Gasteiger partial charge is 0.305 e. The molecule has 0 aromatic carbocycles. The van der Waals surface area contributed by atoms with Crippen LogP contribution in [0, 0.1) is 0 Å². The van der Waals surface area contributed by atoms with Gasteiger partial charge in [-0.15, -0.1) is 0 Å². The topological polar surface area (TPSA) is 71.2 Å². The van der Waals surface area contributed by atoms with Crippen molar-refractivity contribution < 1.29 is 14.3 Å². The second-order valence-electron chi connectivity index (χ2n) is 4.65. The van der Waals surface area contributed by atoms with Gasteiger partial charge in [0.1, 0.15) is 5.69 Å². The van der Waals surface area contributed by atoms with Crippen molar-refractivity contribution in [2.24, 2.45) is 0 Å². The van der Waals surface area contributed by atoms with Crippen molar-refractivity contribution >= 4 is 27.8 Å². The third kappa shape index (κ3) is 4.52. The van der Waals surface area contributed by atoms with Gasteiger partial charge < -0.3 is 15.0 Å². The highest BCUT2D eigenvalue weighted by molar-refractivity contribution is 9.10. The number of carbonyl (C=O) groups is 2. The van der Waals surface area contributed by atoms with Gasteiger partial charge in [-0.2, -0.15) is 0 Å². The summed E-state index contributed by atoms with van der Waals surface area (Å²) >= 11 is 3.27. The maximum atomic E-state index is 11.9. The number of rotatable bonds is 5. The molecule has 0 fully saturated rings. The predicted molar refractivity (Wildman–Crippen MR) is 71.3 cm³/mol. The van der Waals surface area contributed by atoms with E-state index in [1.807, 2.05) is 13.8 Å². The first-order chi connectivity index (χ1) is 8.34. The summed E-state index contributed by atoms with van der Waals surface area (Å²) in [4.78, 5) is 25.8.